The van der Waals surface area contributed by atoms with Crippen LogP contribution in [0.4, 0.5) is 4.79 Å². The zero-order chi connectivity index (χ0) is 10.6. The van der Waals surface area contributed by atoms with Crippen molar-refractivity contribution < 1.29 is 4.79 Å². The van der Waals surface area contributed by atoms with E-state index in [2.05, 4.69) is 16.9 Å². The maximum atomic E-state index is 11.4. The summed E-state index contributed by atoms with van der Waals surface area (Å²) >= 11 is 1.91. The quantitative estimate of drug-likeness (QED) is 0.757. The minimum atomic E-state index is -0.0215. The molecular weight excluding hydrogens is 196 g/mol. The summed E-state index contributed by atoms with van der Waals surface area (Å²) < 4.78 is 0. The number of carbonyl (C=O) groups is 1. The highest BCUT2D eigenvalue weighted by atomic mass is 32.2. The maximum absolute atomic E-state index is 11.4. The lowest BCUT2D eigenvalue weighted by atomic mass is 10.2. The Morgan fingerprint density at radius 1 is 1.43 bits per heavy atom. The molecule has 0 spiro atoms. The second-order valence-corrected chi connectivity index (χ2v) is 5.28. The number of nitrogens with one attached hydrogen (secondary N) is 2. The molecule has 2 N–H and O–H groups in total. The molecule has 0 saturated heterocycles. The second-order valence-electron chi connectivity index (χ2n) is 4.14. The maximum Gasteiger partial charge on any atom is 0.315 e. The van der Waals surface area contributed by atoms with Gasteiger partial charge in [0.25, 0.3) is 0 Å². The first kappa shape index (κ1) is 11.7. The smallest absolute Gasteiger partial charge is 0.315 e. The van der Waals surface area contributed by atoms with E-state index in [9.17, 15) is 4.79 Å². The Hall–Kier alpha value is -0.380. The molecule has 2 atom stereocenters. The normalized spacial score (nSPS) is 26.6. The lowest BCUT2D eigenvalue weighted by molar-refractivity contribution is 0.235. The topological polar surface area (TPSA) is 41.1 Å². The van der Waals surface area contributed by atoms with Gasteiger partial charge in [0.05, 0.1) is 0 Å². The van der Waals surface area contributed by atoms with Gasteiger partial charge in [-0.3, -0.25) is 0 Å². The summed E-state index contributed by atoms with van der Waals surface area (Å²) in [5.41, 5.74) is 0. The van der Waals surface area contributed by atoms with Gasteiger partial charge in [-0.15, -0.1) is 0 Å². The lowest BCUT2D eigenvalue weighted by Gasteiger charge is -2.15. The van der Waals surface area contributed by atoms with Crippen LogP contribution >= 0.6 is 11.8 Å². The third kappa shape index (κ3) is 3.78. The highest BCUT2D eigenvalue weighted by Gasteiger charge is 2.24. The summed E-state index contributed by atoms with van der Waals surface area (Å²) in [4.78, 5) is 11.4. The molecule has 0 aliphatic heterocycles. The summed E-state index contributed by atoms with van der Waals surface area (Å²) in [6.07, 6.45) is 5.61. The largest absolute Gasteiger partial charge is 0.336 e. The van der Waals surface area contributed by atoms with Gasteiger partial charge in [-0.05, 0) is 39.4 Å². The fourth-order valence-corrected chi connectivity index (χ4v) is 2.57. The van der Waals surface area contributed by atoms with Crippen LogP contribution in [0.15, 0.2) is 0 Å². The van der Waals surface area contributed by atoms with E-state index < -0.39 is 0 Å². The van der Waals surface area contributed by atoms with Crippen molar-refractivity contribution in [2.75, 3.05) is 6.26 Å². The fourth-order valence-electron chi connectivity index (χ4n) is 1.77. The van der Waals surface area contributed by atoms with Crippen LogP contribution in [0.2, 0.25) is 0 Å². The highest BCUT2D eigenvalue weighted by Crippen LogP contribution is 2.27. The number of thioether (sulfide) groups is 1. The molecule has 4 heteroatoms. The number of amides is 2. The Kier molecular flexibility index (Phi) is 4.58. The van der Waals surface area contributed by atoms with Crippen LogP contribution in [-0.4, -0.2) is 29.6 Å². The van der Waals surface area contributed by atoms with Gasteiger partial charge in [-0.25, -0.2) is 4.79 Å². The molecule has 0 aromatic carbocycles. The standard InChI is InChI=1S/C10H20N2OS/c1-7(2)11-10(13)12-8-4-5-9(6-8)14-3/h7-9H,4-6H2,1-3H3,(H2,11,12,13). The molecule has 0 aromatic heterocycles. The van der Waals surface area contributed by atoms with Gasteiger partial charge in [0.15, 0.2) is 0 Å². The SMILES string of the molecule is CSC1CCC(NC(=O)NC(C)C)C1. The molecule has 0 bridgehead atoms. The van der Waals surface area contributed by atoms with Crippen molar-refractivity contribution in [3.05, 3.63) is 0 Å². The third-order valence-corrected chi connectivity index (χ3v) is 3.57. The number of urea groups is 1. The van der Waals surface area contributed by atoms with E-state index in [1.165, 1.54) is 6.42 Å². The van der Waals surface area contributed by atoms with E-state index in [4.69, 9.17) is 0 Å². The van der Waals surface area contributed by atoms with Gasteiger partial charge in [0, 0.05) is 17.3 Å². The Balaban J connectivity index is 2.22. The molecule has 1 aliphatic rings. The zero-order valence-electron chi connectivity index (χ0n) is 9.17. The van der Waals surface area contributed by atoms with Gasteiger partial charge in [0.1, 0.15) is 0 Å². The molecule has 1 saturated carbocycles. The number of carbonyl (C=O) groups excluding carboxylic acids is 1. The third-order valence-electron chi connectivity index (χ3n) is 2.47. The highest BCUT2D eigenvalue weighted by molar-refractivity contribution is 7.99. The molecular formula is C10H20N2OS. The summed E-state index contributed by atoms with van der Waals surface area (Å²) in [5, 5.41) is 6.59. The number of hydrogen-bond donors (Lipinski definition) is 2. The van der Waals surface area contributed by atoms with Gasteiger partial charge >= 0.3 is 6.03 Å². The fraction of sp³-hybridized carbons (Fsp3) is 0.900. The summed E-state index contributed by atoms with van der Waals surface area (Å²) in [6, 6.07) is 0.575. The molecule has 0 heterocycles. The summed E-state index contributed by atoms with van der Waals surface area (Å²) in [7, 11) is 0. The van der Waals surface area contributed by atoms with Crippen LogP contribution in [0.3, 0.4) is 0 Å². The van der Waals surface area contributed by atoms with E-state index in [0.717, 1.165) is 18.1 Å². The predicted molar refractivity (Wildman–Crippen MR) is 61.7 cm³/mol. The van der Waals surface area contributed by atoms with E-state index >= 15 is 0 Å². The molecule has 3 nitrogen and oxygen atoms in total. The van der Waals surface area contributed by atoms with Crippen molar-refractivity contribution in [2.45, 2.75) is 50.4 Å². The molecule has 1 rings (SSSR count). The van der Waals surface area contributed by atoms with Gasteiger partial charge in [-0.2, -0.15) is 11.8 Å². The van der Waals surface area contributed by atoms with Crippen LogP contribution in [0, 0.1) is 0 Å². The van der Waals surface area contributed by atoms with Crippen LogP contribution in [-0.2, 0) is 0 Å². The molecule has 1 aliphatic carbocycles. The van der Waals surface area contributed by atoms with Gasteiger partial charge in [0.2, 0.25) is 0 Å². The minimum absolute atomic E-state index is 0.0215. The number of rotatable bonds is 3. The lowest BCUT2D eigenvalue weighted by Crippen LogP contribution is -2.43. The average molecular weight is 216 g/mol. The van der Waals surface area contributed by atoms with Crippen molar-refractivity contribution in [3.63, 3.8) is 0 Å². The Morgan fingerprint density at radius 2 is 2.14 bits per heavy atom. The van der Waals surface area contributed by atoms with E-state index in [1.54, 1.807) is 0 Å². The molecule has 14 heavy (non-hydrogen) atoms. The molecule has 1 fully saturated rings. The Labute approximate surface area is 90.4 Å². The predicted octanol–water partition coefficient (Wildman–Crippen LogP) is 1.98. The Bertz CT molecular complexity index is 197. The van der Waals surface area contributed by atoms with Crippen molar-refractivity contribution in [3.8, 4) is 0 Å². The van der Waals surface area contributed by atoms with Crippen LogP contribution in [0.5, 0.6) is 0 Å². The summed E-state index contributed by atoms with van der Waals surface area (Å²) in [5.74, 6) is 0. The molecule has 2 unspecified atom stereocenters. The molecule has 0 radical (unpaired) electrons. The van der Waals surface area contributed by atoms with Crippen molar-refractivity contribution >= 4 is 17.8 Å². The van der Waals surface area contributed by atoms with Crippen molar-refractivity contribution in [1.29, 1.82) is 0 Å². The van der Waals surface area contributed by atoms with E-state index in [1.807, 2.05) is 25.6 Å². The minimum Gasteiger partial charge on any atom is -0.336 e. The summed E-state index contributed by atoms with van der Waals surface area (Å²) in [6.45, 7) is 3.94. The Morgan fingerprint density at radius 3 is 2.64 bits per heavy atom. The van der Waals surface area contributed by atoms with Crippen molar-refractivity contribution in [2.24, 2.45) is 0 Å². The number of hydrogen-bond acceptors (Lipinski definition) is 2. The zero-order valence-corrected chi connectivity index (χ0v) is 9.99. The van der Waals surface area contributed by atoms with E-state index in [0.29, 0.717) is 6.04 Å². The molecule has 2 amide bonds. The monoisotopic (exact) mass is 216 g/mol. The first-order chi connectivity index (χ1) is 6.61. The average Bonchev–Trinajstić information content (AvgIpc) is 2.50. The van der Waals surface area contributed by atoms with E-state index in [-0.39, 0.29) is 12.1 Å². The van der Waals surface area contributed by atoms with Gasteiger partial charge in [-0.1, -0.05) is 0 Å². The molecule has 82 valence electrons. The van der Waals surface area contributed by atoms with Crippen LogP contribution in [0.25, 0.3) is 0 Å². The van der Waals surface area contributed by atoms with Gasteiger partial charge < -0.3 is 10.6 Å². The second kappa shape index (κ2) is 5.49. The van der Waals surface area contributed by atoms with Crippen LogP contribution < -0.4 is 10.6 Å². The molecule has 0 aromatic rings. The first-order valence-corrected chi connectivity index (χ1v) is 6.50. The first-order valence-electron chi connectivity index (χ1n) is 5.21. The van der Waals surface area contributed by atoms with Crippen molar-refractivity contribution in [1.82, 2.24) is 10.6 Å². The van der Waals surface area contributed by atoms with Crippen LogP contribution in [0.1, 0.15) is 33.1 Å².